The van der Waals surface area contributed by atoms with Crippen LogP contribution >= 0.6 is 0 Å². The third-order valence-corrected chi connectivity index (χ3v) is 3.82. The number of rotatable bonds is 3. The minimum atomic E-state index is -0.359. The highest BCUT2D eigenvalue weighted by Crippen LogP contribution is 2.16. The molecule has 3 heterocycles. The number of carbonyl (C=O) groups is 1. The lowest BCUT2D eigenvalue weighted by atomic mass is 10.2. The van der Waals surface area contributed by atoms with Gasteiger partial charge in [0.1, 0.15) is 5.82 Å². The van der Waals surface area contributed by atoms with Gasteiger partial charge in [-0.3, -0.25) is 4.79 Å². The van der Waals surface area contributed by atoms with Gasteiger partial charge in [0, 0.05) is 11.6 Å². The van der Waals surface area contributed by atoms with Crippen LogP contribution in [0, 0.1) is 6.92 Å². The molecule has 1 N–H and O–H groups in total. The molecule has 1 aromatic carbocycles. The maximum absolute atomic E-state index is 12.5. The molecule has 7 nitrogen and oxygen atoms in total. The van der Waals surface area contributed by atoms with Crippen LogP contribution < -0.4 is 5.32 Å². The third-order valence-electron chi connectivity index (χ3n) is 3.82. The van der Waals surface area contributed by atoms with Crippen molar-refractivity contribution in [1.82, 2.24) is 25.0 Å². The molecule has 0 unspecified atom stereocenters. The molecule has 1 amide bonds. The SMILES string of the molecule is Cc1c(C(=O)Nc2ccc3ccccc3n2)nnn1-c1ccccn1. The second kappa shape index (κ2) is 6.12. The van der Waals surface area contributed by atoms with Crippen molar-refractivity contribution in [2.24, 2.45) is 0 Å². The summed E-state index contributed by atoms with van der Waals surface area (Å²) in [5.41, 5.74) is 1.66. The first-order valence-electron chi connectivity index (χ1n) is 7.73. The van der Waals surface area contributed by atoms with Crippen LogP contribution in [-0.2, 0) is 0 Å². The molecule has 25 heavy (non-hydrogen) atoms. The average Bonchev–Trinajstić information content (AvgIpc) is 3.04. The summed E-state index contributed by atoms with van der Waals surface area (Å²) < 4.78 is 1.53. The summed E-state index contributed by atoms with van der Waals surface area (Å²) in [5, 5.41) is 11.8. The molecule has 0 atom stereocenters. The first-order chi connectivity index (χ1) is 12.2. The van der Waals surface area contributed by atoms with E-state index in [-0.39, 0.29) is 11.6 Å². The highest BCUT2D eigenvalue weighted by molar-refractivity contribution is 6.03. The summed E-state index contributed by atoms with van der Waals surface area (Å²) in [5.74, 6) is 0.716. The lowest BCUT2D eigenvalue weighted by molar-refractivity contribution is 0.102. The highest BCUT2D eigenvalue weighted by atomic mass is 16.2. The predicted molar refractivity (Wildman–Crippen MR) is 93.6 cm³/mol. The fourth-order valence-corrected chi connectivity index (χ4v) is 2.55. The molecule has 0 saturated heterocycles. The standard InChI is InChI=1S/C18H14N6O/c1-12-17(22-23-24(12)16-8-4-5-11-19-16)18(25)21-15-10-9-13-6-2-3-7-14(13)20-15/h2-11H,1H3,(H,20,21,25). The molecule has 4 rings (SSSR count). The molecule has 0 bridgehead atoms. The molecule has 0 aliphatic heterocycles. The van der Waals surface area contributed by atoms with E-state index in [2.05, 4.69) is 25.6 Å². The highest BCUT2D eigenvalue weighted by Gasteiger charge is 2.18. The van der Waals surface area contributed by atoms with Crippen LogP contribution in [0.15, 0.2) is 60.8 Å². The molecule has 3 aromatic heterocycles. The molecule has 4 aromatic rings. The summed E-state index contributed by atoms with van der Waals surface area (Å²) >= 11 is 0. The first kappa shape index (κ1) is 14.9. The number of nitrogens with zero attached hydrogens (tertiary/aromatic N) is 5. The fourth-order valence-electron chi connectivity index (χ4n) is 2.55. The van der Waals surface area contributed by atoms with Gasteiger partial charge in [-0.05, 0) is 37.3 Å². The Morgan fingerprint density at radius 2 is 1.88 bits per heavy atom. The summed E-state index contributed by atoms with van der Waals surface area (Å²) in [6, 6.07) is 16.9. The van der Waals surface area contributed by atoms with E-state index in [1.165, 1.54) is 4.68 Å². The number of carbonyl (C=O) groups excluding carboxylic acids is 1. The molecule has 122 valence electrons. The number of hydrogen-bond donors (Lipinski definition) is 1. The van der Waals surface area contributed by atoms with Gasteiger partial charge in [-0.2, -0.15) is 4.68 Å². The first-order valence-corrected chi connectivity index (χ1v) is 7.73. The molecule has 0 radical (unpaired) electrons. The molecule has 7 heteroatoms. The van der Waals surface area contributed by atoms with Crippen LogP contribution in [0.2, 0.25) is 0 Å². The smallest absolute Gasteiger partial charge is 0.279 e. The van der Waals surface area contributed by atoms with E-state index >= 15 is 0 Å². The second-order valence-electron chi connectivity index (χ2n) is 5.47. The minimum absolute atomic E-state index is 0.237. The van der Waals surface area contributed by atoms with Crippen LogP contribution in [0.5, 0.6) is 0 Å². The summed E-state index contributed by atoms with van der Waals surface area (Å²) in [6.45, 7) is 1.78. The van der Waals surface area contributed by atoms with E-state index in [0.717, 1.165) is 10.9 Å². The van der Waals surface area contributed by atoms with Gasteiger partial charge in [0.15, 0.2) is 11.5 Å². The summed E-state index contributed by atoms with van der Waals surface area (Å²) in [6.07, 6.45) is 1.66. The Kier molecular flexibility index (Phi) is 3.66. The largest absolute Gasteiger partial charge is 0.305 e. The number of hydrogen-bond acceptors (Lipinski definition) is 5. The molecule has 0 spiro atoms. The number of benzene rings is 1. The van der Waals surface area contributed by atoms with Gasteiger partial charge in [-0.1, -0.05) is 29.5 Å². The summed E-state index contributed by atoms with van der Waals surface area (Å²) in [4.78, 5) is 21.2. The van der Waals surface area contributed by atoms with Gasteiger partial charge in [0.25, 0.3) is 5.91 Å². The number of fused-ring (bicyclic) bond motifs is 1. The van der Waals surface area contributed by atoms with Gasteiger partial charge in [0.05, 0.1) is 11.2 Å². The van der Waals surface area contributed by atoms with Gasteiger partial charge in [-0.15, -0.1) is 5.10 Å². The van der Waals surface area contributed by atoms with E-state index in [1.807, 2.05) is 42.5 Å². The molecule has 0 aliphatic carbocycles. The van der Waals surface area contributed by atoms with Crippen LogP contribution in [0.25, 0.3) is 16.7 Å². The monoisotopic (exact) mass is 330 g/mol. The van der Waals surface area contributed by atoms with Crippen LogP contribution in [-0.4, -0.2) is 30.9 Å². The Balaban J connectivity index is 1.61. The van der Waals surface area contributed by atoms with Crippen molar-refractivity contribution in [3.63, 3.8) is 0 Å². The zero-order valence-corrected chi connectivity index (χ0v) is 13.4. The van der Waals surface area contributed by atoms with Gasteiger partial charge in [0.2, 0.25) is 0 Å². The molecule has 0 fully saturated rings. The van der Waals surface area contributed by atoms with Crippen molar-refractivity contribution in [2.45, 2.75) is 6.92 Å². The van der Waals surface area contributed by atoms with Crippen molar-refractivity contribution in [3.8, 4) is 5.82 Å². The van der Waals surface area contributed by atoms with Crippen LogP contribution in [0.3, 0.4) is 0 Å². The molecular formula is C18H14N6O. The van der Waals surface area contributed by atoms with E-state index < -0.39 is 0 Å². The maximum atomic E-state index is 12.5. The van der Waals surface area contributed by atoms with Gasteiger partial charge in [-0.25, -0.2) is 9.97 Å². The maximum Gasteiger partial charge on any atom is 0.279 e. The Labute approximate surface area is 143 Å². The zero-order valence-electron chi connectivity index (χ0n) is 13.4. The Hall–Kier alpha value is -3.61. The summed E-state index contributed by atoms with van der Waals surface area (Å²) in [7, 11) is 0. The molecule has 0 saturated carbocycles. The number of anilines is 1. The van der Waals surface area contributed by atoms with Crippen LogP contribution in [0.1, 0.15) is 16.2 Å². The predicted octanol–water partition coefficient (Wildman–Crippen LogP) is 2.77. The van der Waals surface area contributed by atoms with E-state index in [4.69, 9.17) is 0 Å². The lowest BCUT2D eigenvalue weighted by Gasteiger charge is -2.05. The van der Waals surface area contributed by atoms with Crippen molar-refractivity contribution >= 4 is 22.6 Å². The number of nitrogens with one attached hydrogen (secondary N) is 1. The number of pyridine rings is 2. The van der Waals surface area contributed by atoms with Crippen molar-refractivity contribution < 1.29 is 4.79 Å². The number of aromatic nitrogens is 5. The van der Waals surface area contributed by atoms with Crippen molar-refractivity contribution in [3.05, 3.63) is 72.2 Å². The average molecular weight is 330 g/mol. The number of para-hydroxylation sites is 1. The van der Waals surface area contributed by atoms with E-state index in [1.54, 1.807) is 25.3 Å². The Morgan fingerprint density at radius 3 is 2.72 bits per heavy atom. The quantitative estimate of drug-likeness (QED) is 0.624. The second-order valence-corrected chi connectivity index (χ2v) is 5.47. The van der Waals surface area contributed by atoms with E-state index in [9.17, 15) is 4.79 Å². The van der Waals surface area contributed by atoms with Crippen molar-refractivity contribution in [1.29, 1.82) is 0 Å². The fraction of sp³-hybridized carbons (Fsp3) is 0.0556. The van der Waals surface area contributed by atoms with Crippen molar-refractivity contribution in [2.75, 3.05) is 5.32 Å². The molecular weight excluding hydrogens is 316 g/mol. The topological polar surface area (TPSA) is 85.6 Å². The normalized spacial score (nSPS) is 10.8. The van der Waals surface area contributed by atoms with Gasteiger partial charge >= 0.3 is 0 Å². The third kappa shape index (κ3) is 2.83. The Bertz CT molecular complexity index is 1060. The van der Waals surface area contributed by atoms with Crippen LogP contribution in [0.4, 0.5) is 5.82 Å². The number of amides is 1. The van der Waals surface area contributed by atoms with E-state index in [0.29, 0.717) is 17.3 Å². The lowest BCUT2D eigenvalue weighted by Crippen LogP contribution is -2.15. The molecule has 0 aliphatic rings. The minimum Gasteiger partial charge on any atom is -0.305 e. The zero-order chi connectivity index (χ0) is 17.2. The van der Waals surface area contributed by atoms with Gasteiger partial charge < -0.3 is 5.32 Å². The Morgan fingerprint density at radius 1 is 1.04 bits per heavy atom.